The lowest BCUT2D eigenvalue weighted by Gasteiger charge is -2.24. The Hall–Kier alpha value is -0.860. The third-order valence-electron chi connectivity index (χ3n) is 3.65. The Morgan fingerprint density at radius 2 is 2.13 bits per heavy atom. The smallest absolute Gasteiger partial charge is 0.0284 e. The van der Waals surface area contributed by atoms with Gasteiger partial charge in [-0.2, -0.15) is 0 Å². The lowest BCUT2D eigenvalue weighted by molar-refractivity contribution is 0.303. The second-order valence-electron chi connectivity index (χ2n) is 4.54. The normalized spacial score (nSPS) is 27.1. The summed E-state index contributed by atoms with van der Waals surface area (Å²) in [7, 11) is 2.18. The summed E-state index contributed by atoms with van der Waals surface area (Å²) in [6, 6.07) is 9.21. The van der Waals surface area contributed by atoms with Gasteiger partial charge in [0.05, 0.1) is 0 Å². The molecular weight excluding hydrogens is 184 g/mol. The minimum Gasteiger partial charge on any atom is -0.329 e. The highest BCUT2D eigenvalue weighted by molar-refractivity contribution is 5.31. The van der Waals surface area contributed by atoms with Crippen molar-refractivity contribution in [1.82, 2.24) is 4.90 Å². The first-order chi connectivity index (χ1) is 7.24. The van der Waals surface area contributed by atoms with Crippen molar-refractivity contribution in [3.8, 4) is 0 Å². The van der Waals surface area contributed by atoms with Gasteiger partial charge in [0.1, 0.15) is 0 Å². The average Bonchev–Trinajstić information content (AvgIpc) is 2.60. The number of benzene rings is 1. The van der Waals surface area contributed by atoms with Crippen molar-refractivity contribution in [2.45, 2.75) is 25.3 Å². The molecule has 1 aliphatic heterocycles. The van der Waals surface area contributed by atoms with Crippen LogP contribution in [0.2, 0.25) is 0 Å². The Morgan fingerprint density at radius 3 is 2.80 bits per heavy atom. The highest BCUT2D eigenvalue weighted by Crippen LogP contribution is 2.33. The zero-order chi connectivity index (χ0) is 10.8. The van der Waals surface area contributed by atoms with E-state index in [1.165, 1.54) is 24.1 Å². The molecule has 15 heavy (non-hydrogen) atoms. The Morgan fingerprint density at radius 1 is 1.40 bits per heavy atom. The van der Waals surface area contributed by atoms with Crippen molar-refractivity contribution in [3.05, 3.63) is 35.4 Å². The third kappa shape index (κ3) is 1.92. The minimum absolute atomic E-state index is 0.520. The number of hydrogen-bond acceptors (Lipinski definition) is 2. The fourth-order valence-electron chi connectivity index (χ4n) is 2.72. The summed E-state index contributed by atoms with van der Waals surface area (Å²) in [6.07, 6.45) is 1.24. The van der Waals surface area contributed by atoms with Gasteiger partial charge in [-0.25, -0.2) is 0 Å². The molecule has 2 heteroatoms. The Bertz CT molecular complexity index is 335. The van der Waals surface area contributed by atoms with Crippen molar-refractivity contribution in [1.29, 1.82) is 0 Å². The van der Waals surface area contributed by atoms with E-state index in [0.717, 1.165) is 6.54 Å². The van der Waals surface area contributed by atoms with Crippen LogP contribution < -0.4 is 5.73 Å². The van der Waals surface area contributed by atoms with E-state index in [2.05, 4.69) is 43.1 Å². The summed E-state index contributed by atoms with van der Waals surface area (Å²) in [5, 5.41) is 0. The summed E-state index contributed by atoms with van der Waals surface area (Å²) in [4.78, 5) is 2.39. The Labute approximate surface area is 92.1 Å². The van der Waals surface area contributed by atoms with E-state index >= 15 is 0 Å². The number of rotatable bonds is 2. The van der Waals surface area contributed by atoms with Crippen LogP contribution >= 0.6 is 0 Å². The van der Waals surface area contributed by atoms with Crippen molar-refractivity contribution >= 4 is 0 Å². The first-order valence-corrected chi connectivity index (χ1v) is 5.70. The number of aryl methyl sites for hydroxylation is 1. The topological polar surface area (TPSA) is 29.3 Å². The van der Waals surface area contributed by atoms with Gasteiger partial charge in [-0.1, -0.05) is 24.3 Å². The molecular formula is C13H20N2. The Kier molecular flexibility index (Phi) is 3.08. The fourth-order valence-corrected chi connectivity index (χ4v) is 2.72. The number of nitrogens with two attached hydrogens (primary N) is 1. The van der Waals surface area contributed by atoms with Crippen LogP contribution in [-0.2, 0) is 0 Å². The van der Waals surface area contributed by atoms with Crippen LogP contribution in [0.4, 0.5) is 0 Å². The molecule has 2 rings (SSSR count). The molecule has 1 saturated heterocycles. The van der Waals surface area contributed by atoms with Gasteiger partial charge in [-0.3, -0.25) is 0 Å². The highest BCUT2D eigenvalue weighted by atomic mass is 15.2. The molecule has 0 aromatic heterocycles. The predicted molar refractivity (Wildman–Crippen MR) is 64.0 cm³/mol. The first kappa shape index (κ1) is 10.7. The number of likely N-dealkylation sites (N-methyl/N-ethyl adjacent to an activating group) is 1. The minimum atomic E-state index is 0.520. The maximum atomic E-state index is 5.86. The van der Waals surface area contributed by atoms with E-state index in [-0.39, 0.29) is 0 Å². The van der Waals surface area contributed by atoms with Gasteiger partial charge in [0.2, 0.25) is 0 Å². The fraction of sp³-hybridized carbons (Fsp3) is 0.538. The highest BCUT2D eigenvalue weighted by Gasteiger charge is 2.32. The van der Waals surface area contributed by atoms with Gasteiger partial charge in [-0.15, -0.1) is 0 Å². The van der Waals surface area contributed by atoms with Crippen LogP contribution in [0.3, 0.4) is 0 Å². The molecule has 0 amide bonds. The summed E-state index contributed by atoms with van der Waals surface area (Å²) in [5.74, 6) is 0.626. The first-order valence-electron chi connectivity index (χ1n) is 5.70. The molecule has 0 spiro atoms. The molecule has 1 fully saturated rings. The Balaban J connectivity index is 2.28. The standard InChI is InChI=1S/C13H20N2/c1-10-5-3-4-6-11(10)12-7-8-15(2)13(12)9-14/h3-6,12-13H,7-9,14H2,1-2H3. The largest absolute Gasteiger partial charge is 0.329 e. The van der Waals surface area contributed by atoms with Crippen molar-refractivity contribution in [2.24, 2.45) is 5.73 Å². The molecule has 82 valence electrons. The van der Waals surface area contributed by atoms with E-state index in [1.54, 1.807) is 0 Å². The van der Waals surface area contributed by atoms with E-state index in [9.17, 15) is 0 Å². The molecule has 1 aromatic carbocycles. The molecule has 2 unspecified atom stereocenters. The van der Waals surface area contributed by atoms with E-state index in [0.29, 0.717) is 12.0 Å². The molecule has 1 aliphatic rings. The number of likely N-dealkylation sites (tertiary alicyclic amines) is 1. The molecule has 0 bridgehead atoms. The molecule has 0 aliphatic carbocycles. The summed E-state index contributed by atoms with van der Waals surface area (Å²) < 4.78 is 0. The van der Waals surface area contributed by atoms with Crippen LogP contribution in [0.5, 0.6) is 0 Å². The molecule has 1 heterocycles. The second-order valence-corrected chi connectivity index (χ2v) is 4.54. The van der Waals surface area contributed by atoms with E-state index in [4.69, 9.17) is 5.73 Å². The van der Waals surface area contributed by atoms with Crippen LogP contribution in [0.1, 0.15) is 23.5 Å². The SMILES string of the molecule is Cc1ccccc1C1CCN(C)C1CN. The van der Waals surface area contributed by atoms with Gasteiger partial charge in [0.15, 0.2) is 0 Å². The van der Waals surface area contributed by atoms with Gasteiger partial charge in [0, 0.05) is 18.5 Å². The van der Waals surface area contributed by atoms with Crippen molar-refractivity contribution < 1.29 is 0 Å². The van der Waals surface area contributed by atoms with Gasteiger partial charge < -0.3 is 10.6 Å². The van der Waals surface area contributed by atoms with Gasteiger partial charge in [-0.05, 0) is 38.1 Å². The third-order valence-corrected chi connectivity index (χ3v) is 3.65. The van der Waals surface area contributed by atoms with Gasteiger partial charge in [0.25, 0.3) is 0 Å². The molecule has 0 saturated carbocycles. The molecule has 2 atom stereocenters. The molecule has 1 aromatic rings. The summed E-state index contributed by atoms with van der Waals surface area (Å²) in [6.45, 7) is 4.12. The van der Waals surface area contributed by atoms with Crippen LogP contribution in [0, 0.1) is 6.92 Å². The van der Waals surface area contributed by atoms with Crippen LogP contribution in [-0.4, -0.2) is 31.1 Å². The second kappa shape index (κ2) is 4.33. The van der Waals surface area contributed by atoms with Crippen LogP contribution in [0.15, 0.2) is 24.3 Å². The van der Waals surface area contributed by atoms with E-state index in [1.807, 2.05) is 0 Å². The average molecular weight is 204 g/mol. The quantitative estimate of drug-likeness (QED) is 0.795. The number of hydrogen-bond donors (Lipinski definition) is 1. The van der Waals surface area contributed by atoms with Crippen molar-refractivity contribution in [2.75, 3.05) is 20.1 Å². The lowest BCUT2D eigenvalue weighted by atomic mass is 9.89. The monoisotopic (exact) mass is 204 g/mol. The molecule has 2 nitrogen and oxygen atoms in total. The maximum absolute atomic E-state index is 5.86. The van der Waals surface area contributed by atoms with E-state index < -0.39 is 0 Å². The zero-order valence-corrected chi connectivity index (χ0v) is 9.61. The summed E-state index contributed by atoms with van der Waals surface area (Å²) >= 11 is 0. The summed E-state index contributed by atoms with van der Waals surface area (Å²) in [5.41, 5.74) is 8.74. The van der Waals surface area contributed by atoms with Gasteiger partial charge >= 0.3 is 0 Å². The molecule has 2 N–H and O–H groups in total. The maximum Gasteiger partial charge on any atom is 0.0284 e. The van der Waals surface area contributed by atoms with Crippen LogP contribution in [0.25, 0.3) is 0 Å². The predicted octanol–water partition coefficient (Wildman–Crippen LogP) is 1.74. The van der Waals surface area contributed by atoms with Crippen molar-refractivity contribution in [3.63, 3.8) is 0 Å². The number of nitrogens with zero attached hydrogens (tertiary/aromatic N) is 1. The molecule has 0 radical (unpaired) electrons. The zero-order valence-electron chi connectivity index (χ0n) is 9.61. The lowest BCUT2D eigenvalue weighted by Crippen LogP contribution is -2.35.